The third kappa shape index (κ3) is 3.93. The maximum absolute atomic E-state index is 12.3. The quantitative estimate of drug-likeness (QED) is 0.828. The van der Waals surface area contributed by atoms with Crippen LogP contribution in [-0.2, 0) is 4.74 Å². The van der Waals surface area contributed by atoms with Crippen LogP contribution in [0.5, 0.6) is 5.75 Å². The van der Waals surface area contributed by atoms with Crippen molar-refractivity contribution in [2.45, 2.75) is 19.8 Å². The minimum Gasteiger partial charge on any atom is -0.507 e. The fourth-order valence-electron chi connectivity index (χ4n) is 2.87. The summed E-state index contributed by atoms with van der Waals surface area (Å²) in [5.74, 6) is -0.549. The number of hydrogen-bond donors (Lipinski definition) is 2. The first-order chi connectivity index (χ1) is 12.6. The highest BCUT2D eigenvalue weighted by Gasteiger charge is 2.21. The molecule has 1 aliphatic heterocycles. The molecule has 0 aromatic heterocycles. The molecule has 1 aliphatic rings. The number of aromatic hydroxyl groups is 1. The van der Waals surface area contributed by atoms with Gasteiger partial charge in [-0.2, -0.15) is 5.10 Å². The SMILES string of the molecule is CCOC(=O)N1CCC(=NNC(=O)c2cc3ccccc3cc2O)CC1. The molecule has 0 saturated carbocycles. The average molecular weight is 355 g/mol. The standard InChI is InChI=1S/C19H21N3O4/c1-2-26-19(25)22-9-7-15(8-10-22)20-21-18(24)16-11-13-5-3-4-6-14(13)12-17(16)23/h3-6,11-12,23H,2,7-10H2,1H3,(H,21,24). The van der Waals surface area contributed by atoms with Crippen molar-refractivity contribution in [1.29, 1.82) is 0 Å². The summed E-state index contributed by atoms with van der Waals surface area (Å²) in [6.45, 7) is 3.14. The van der Waals surface area contributed by atoms with Crippen molar-refractivity contribution in [2.75, 3.05) is 19.7 Å². The van der Waals surface area contributed by atoms with Crippen LogP contribution in [0, 0.1) is 0 Å². The molecule has 0 bridgehead atoms. The number of benzene rings is 2. The zero-order valence-electron chi connectivity index (χ0n) is 14.6. The van der Waals surface area contributed by atoms with E-state index in [9.17, 15) is 14.7 Å². The van der Waals surface area contributed by atoms with Crippen LogP contribution in [0.1, 0.15) is 30.1 Å². The molecule has 3 rings (SSSR count). The van der Waals surface area contributed by atoms with Gasteiger partial charge in [0.25, 0.3) is 5.91 Å². The fourth-order valence-corrected chi connectivity index (χ4v) is 2.87. The van der Waals surface area contributed by atoms with Gasteiger partial charge in [-0.15, -0.1) is 0 Å². The van der Waals surface area contributed by atoms with Crippen LogP contribution in [0.4, 0.5) is 4.79 Å². The number of hydrazone groups is 1. The number of nitrogens with one attached hydrogen (secondary N) is 1. The van der Waals surface area contributed by atoms with Crippen molar-refractivity contribution in [1.82, 2.24) is 10.3 Å². The third-order valence-corrected chi connectivity index (χ3v) is 4.29. The number of rotatable bonds is 3. The molecule has 2 amide bonds. The van der Waals surface area contributed by atoms with Crippen molar-refractivity contribution in [2.24, 2.45) is 5.10 Å². The molecule has 26 heavy (non-hydrogen) atoms. The first kappa shape index (κ1) is 17.7. The summed E-state index contributed by atoms with van der Waals surface area (Å²) in [5, 5.41) is 16.0. The number of likely N-dealkylation sites (tertiary alicyclic amines) is 1. The van der Waals surface area contributed by atoms with E-state index in [4.69, 9.17) is 4.74 Å². The zero-order chi connectivity index (χ0) is 18.5. The van der Waals surface area contributed by atoms with E-state index in [1.54, 1.807) is 24.0 Å². The first-order valence-corrected chi connectivity index (χ1v) is 8.57. The number of amides is 2. The minimum absolute atomic E-state index is 0.0847. The number of hydrogen-bond acceptors (Lipinski definition) is 5. The van der Waals surface area contributed by atoms with Crippen molar-refractivity contribution < 1.29 is 19.4 Å². The van der Waals surface area contributed by atoms with Gasteiger partial charge in [0.1, 0.15) is 5.75 Å². The molecule has 1 saturated heterocycles. The Morgan fingerprint density at radius 3 is 2.50 bits per heavy atom. The molecule has 136 valence electrons. The minimum atomic E-state index is -0.464. The van der Waals surface area contributed by atoms with Crippen LogP contribution < -0.4 is 5.43 Å². The highest BCUT2D eigenvalue weighted by molar-refractivity contribution is 6.02. The van der Waals surface area contributed by atoms with E-state index >= 15 is 0 Å². The summed E-state index contributed by atoms with van der Waals surface area (Å²) in [6.07, 6.45) is 0.822. The van der Waals surface area contributed by atoms with Gasteiger partial charge in [0.2, 0.25) is 0 Å². The molecule has 2 aromatic carbocycles. The Morgan fingerprint density at radius 1 is 1.19 bits per heavy atom. The van der Waals surface area contributed by atoms with E-state index < -0.39 is 5.91 Å². The summed E-state index contributed by atoms with van der Waals surface area (Å²) in [6, 6.07) is 10.7. The second-order valence-corrected chi connectivity index (χ2v) is 6.02. The second kappa shape index (κ2) is 7.86. The third-order valence-electron chi connectivity index (χ3n) is 4.29. The Labute approximate surface area is 151 Å². The predicted octanol–water partition coefficient (Wildman–Crippen LogP) is 2.88. The lowest BCUT2D eigenvalue weighted by molar-refractivity contribution is 0.0949. The Balaban J connectivity index is 1.63. The summed E-state index contributed by atoms with van der Waals surface area (Å²) >= 11 is 0. The van der Waals surface area contributed by atoms with Crippen molar-refractivity contribution in [3.63, 3.8) is 0 Å². The first-order valence-electron chi connectivity index (χ1n) is 8.57. The van der Waals surface area contributed by atoms with Crippen LogP contribution in [0.3, 0.4) is 0 Å². The summed E-state index contributed by atoms with van der Waals surface area (Å²) in [4.78, 5) is 25.6. The number of phenols is 1. The van der Waals surface area contributed by atoms with E-state index in [-0.39, 0.29) is 17.4 Å². The van der Waals surface area contributed by atoms with Gasteiger partial charge in [0.15, 0.2) is 0 Å². The van der Waals surface area contributed by atoms with Gasteiger partial charge >= 0.3 is 6.09 Å². The molecule has 2 aromatic rings. The molecule has 1 fully saturated rings. The number of carbonyl (C=O) groups is 2. The van der Waals surface area contributed by atoms with E-state index in [1.807, 2.05) is 24.3 Å². The van der Waals surface area contributed by atoms with Gasteiger partial charge in [0, 0.05) is 31.6 Å². The van der Waals surface area contributed by atoms with Crippen LogP contribution in [-0.4, -0.2) is 47.4 Å². The van der Waals surface area contributed by atoms with Gasteiger partial charge in [-0.3, -0.25) is 4.79 Å². The number of fused-ring (bicyclic) bond motifs is 1. The number of nitrogens with zero attached hydrogens (tertiary/aromatic N) is 2. The van der Waals surface area contributed by atoms with Gasteiger partial charge < -0.3 is 14.7 Å². The highest BCUT2D eigenvalue weighted by atomic mass is 16.6. The maximum atomic E-state index is 12.3. The lowest BCUT2D eigenvalue weighted by Gasteiger charge is -2.26. The Morgan fingerprint density at radius 2 is 1.85 bits per heavy atom. The molecule has 0 unspecified atom stereocenters. The molecule has 1 heterocycles. The molecule has 0 radical (unpaired) electrons. The predicted molar refractivity (Wildman–Crippen MR) is 98.3 cm³/mol. The van der Waals surface area contributed by atoms with Crippen molar-refractivity contribution in [3.05, 3.63) is 42.0 Å². The summed E-state index contributed by atoms with van der Waals surface area (Å²) in [7, 11) is 0. The van der Waals surface area contributed by atoms with Crippen molar-refractivity contribution >= 4 is 28.5 Å². The lowest BCUT2D eigenvalue weighted by Crippen LogP contribution is -2.39. The van der Waals surface area contributed by atoms with Gasteiger partial charge in [-0.25, -0.2) is 10.2 Å². The molecule has 0 atom stereocenters. The molecule has 7 nitrogen and oxygen atoms in total. The highest BCUT2D eigenvalue weighted by Crippen LogP contribution is 2.24. The summed E-state index contributed by atoms with van der Waals surface area (Å²) < 4.78 is 4.97. The number of carbonyl (C=O) groups excluding carboxylic acids is 2. The maximum Gasteiger partial charge on any atom is 0.409 e. The number of phenolic OH excluding ortho intramolecular Hbond substituents is 1. The molecular formula is C19H21N3O4. The molecule has 7 heteroatoms. The smallest absolute Gasteiger partial charge is 0.409 e. The number of ether oxygens (including phenoxy) is 1. The number of piperidine rings is 1. The van der Waals surface area contributed by atoms with E-state index in [0.717, 1.165) is 16.5 Å². The van der Waals surface area contributed by atoms with Crippen molar-refractivity contribution in [3.8, 4) is 5.75 Å². The largest absolute Gasteiger partial charge is 0.507 e. The van der Waals surface area contributed by atoms with Crippen LogP contribution in [0.25, 0.3) is 10.8 Å². The normalized spacial score (nSPS) is 14.2. The summed E-state index contributed by atoms with van der Waals surface area (Å²) in [5.41, 5.74) is 3.48. The van der Waals surface area contributed by atoms with E-state index in [0.29, 0.717) is 32.5 Å². The van der Waals surface area contributed by atoms with E-state index in [2.05, 4.69) is 10.5 Å². The molecular weight excluding hydrogens is 334 g/mol. The van der Waals surface area contributed by atoms with Gasteiger partial charge in [-0.05, 0) is 29.8 Å². The molecule has 0 aliphatic carbocycles. The average Bonchev–Trinajstić information content (AvgIpc) is 2.66. The lowest BCUT2D eigenvalue weighted by atomic mass is 10.1. The fraction of sp³-hybridized carbons (Fsp3) is 0.316. The zero-order valence-corrected chi connectivity index (χ0v) is 14.6. The van der Waals surface area contributed by atoms with Gasteiger partial charge in [0.05, 0.1) is 12.2 Å². The Kier molecular flexibility index (Phi) is 5.36. The Bertz CT molecular complexity index is 853. The Hall–Kier alpha value is -3.09. The van der Waals surface area contributed by atoms with Gasteiger partial charge in [-0.1, -0.05) is 24.3 Å². The monoisotopic (exact) mass is 355 g/mol. The van der Waals surface area contributed by atoms with Crippen LogP contribution in [0.15, 0.2) is 41.5 Å². The second-order valence-electron chi connectivity index (χ2n) is 6.02. The topological polar surface area (TPSA) is 91.2 Å². The molecule has 0 spiro atoms. The van der Waals surface area contributed by atoms with Crippen LogP contribution in [0.2, 0.25) is 0 Å². The molecule has 2 N–H and O–H groups in total. The van der Waals surface area contributed by atoms with E-state index in [1.165, 1.54) is 0 Å². The van der Waals surface area contributed by atoms with Crippen LogP contribution >= 0.6 is 0 Å².